The Morgan fingerprint density at radius 2 is 2.15 bits per heavy atom. The topological polar surface area (TPSA) is 98.4 Å². The van der Waals surface area contributed by atoms with Gasteiger partial charge in [-0.2, -0.15) is 10.1 Å². The Bertz CT molecular complexity index is 1090. The first-order valence-electron chi connectivity index (χ1n) is 8.25. The molecule has 1 aliphatic heterocycles. The lowest BCUT2D eigenvalue weighted by atomic mass is 10.1. The van der Waals surface area contributed by atoms with Gasteiger partial charge in [0.2, 0.25) is 5.95 Å². The second-order valence-corrected chi connectivity index (χ2v) is 6.57. The van der Waals surface area contributed by atoms with Gasteiger partial charge in [-0.1, -0.05) is 11.6 Å². The zero-order valence-corrected chi connectivity index (χ0v) is 14.5. The predicted molar refractivity (Wildman–Crippen MR) is 99.8 cm³/mol. The normalized spacial score (nSPS) is 13.8. The van der Waals surface area contributed by atoms with Gasteiger partial charge in [-0.05, 0) is 18.2 Å². The zero-order valence-electron chi connectivity index (χ0n) is 13.7. The Labute approximate surface area is 153 Å². The van der Waals surface area contributed by atoms with E-state index in [4.69, 9.17) is 11.6 Å². The molecule has 0 saturated carbocycles. The minimum absolute atomic E-state index is 0.499. The van der Waals surface area contributed by atoms with Crippen molar-refractivity contribution in [1.29, 1.82) is 0 Å². The van der Waals surface area contributed by atoms with Crippen LogP contribution in [0.3, 0.4) is 0 Å². The first-order chi connectivity index (χ1) is 12.8. The highest BCUT2D eigenvalue weighted by Crippen LogP contribution is 2.29. The van der Waals surface area contributed by atoms with Crippen molar-refractivity contribution < 1.29 is 0 Å². The van der Waals surface area contributed by atoms with E-state index >= 15 is 0 Å². The summed E-state index contributed by atoms with van der Waals surface area (Å²) in [5.74, 6) is 1.21. The summed E-state index contributed by atoms with van der Waals surface area (Å²) in [5, 5.41) is 11.8. The number of imidazole rings is 1. The number of aromatic amines is 2. The Morgan fingerprint density at radius 3 is 3.12 bits per heavy atom. The Hall–Kier alpha value is -3.13. The molecule has 26 heavy (non-hydrogen) atoms. The van der Waals surface area contributed by atoms with Crippen LogP contribution in [0.4, 0.5) is 17.5 Å². The van der Waals surface area contributed by atoms with Crippen LogP contribution in [0.15, 0.2) is 36.9 Å². The zero-order chi connectivity index (χ0) is 17.5. The third kappa shape index (κ3) is 2.64. The Morgan fingerprint density at radius 1 is 1.19 bits per heavy atom. The van der Waals surface area contributed by atoms with Crippen molar-refractivity contribution in [2.75, 3.05) is 16.8 Å². The van der Waals surface area contributed by atoms with Crippen LogP contribution in [0.25, 0.3) is 10.9 Å². The van der Waals surface area contributed by atoms with E-state index in [1.807, 2.05) is 18.2 Å². The summed E-state index contributed by atoms with van der Waals surface area (Å²) in [5.41, 5.74) is 4.04. The number of H-pyrrole nitrogens is 2. The average molecular weight is 367 g/mol. The van der Waals surface area contributed by atoms with E-state index in [1.165, 1.54) is 0 Å². The maximum absolute atomic E-state index is 6.36. The van der Waals surface area contributed by atoms with Crippen LogP contribution in [0.2, 0.25) is 5.02 Å². The van der Waals surface area contributed by atoms with E-state index < -0.39 is 0 Å². The van der Waals surface area contributed by atoms with E-state index in [-0.39, 0.29) is 0 Å². The number of hydrogen-bond donors (Lipinski definition) is 3. The molecule has 0 unspecified atom stereocenters. The molecule has 130 valence electrons. The van der Waals surface area contributed by atoms with Gasteiger partial charge in [-0.25, -0.2) is 9.97 Å². The number of halogens is 1. The highest BCUT2D eigenvalue weighted by atomic mass is 35.5. The number of benzene rings is 1. The van der Waals surface area contributed by atoms with Gasteiger partial charge in [0.05, 0.1) is 42.2 Å². The molecule has 4 aromatic rings. The van der Waals surface area contributed by atoms with Crippen molar-refractivity contribution in [3.05, 3.63) is 53.3 Å². The summed E-state index contributed by atoms with van der Waals surface area (Å²) in [4.78, 5) is 18.6. The fourth-order valence-corrected chi connectivity index (χ4v) is 3.39. The Kier molecular flexibility index (Phi) is 3.49. The molecular formula is C17H15ClN8. The van der Waals surface area contributed by atoms with E-state index in [0.717, 1.165) is 40.9 Å². The lowest BCUT2D eigenvalue weighted by Gasteiger charge is -2.28. The van der Waals surface area contributed by atoms with Crippen molar-refractivity contribution in [2.24, 2.45) is 0 Å². The first-order valence-corrected chi connectivity index (χ1v) is 8.63. The lowest BCUT2D eigenvalue weighted by molar-refractivity contribution is 0.701. The molecule has 4 heterocycles. The minimum atomic E-state index is 0.499. The van der Waals surface area contributed by atoms with E-state index in [1.54, 1.807) is 18.7 Å². The summed E-state index contributed by atoms with van der Waals surface area (Å²) in [6, 6.07) is 5.92. The number of rotatable bonds is 3. The van der Waals surface area contributed by atoms with Crippen molar-refractivity contribution >= 4 is 40.0 Å². The van der Waals surface area contributed by atoms with Crippen LogP contribution in [-0.2, 0) is 13.0 Å². The molecule has 3 aromatic heterocycles. The number of hydrogen-bond acceptors (Lipinski definition) is 6. The highest BCUT2D eigenvalue weighted by Gasteiger charge is 2.22. The van der Waals surface area contributed by atoms with Crippen molar-refractivity contribution in [1.82, 2.24) is 30.1 Å². The predicted octanol–water partition coefficient (Wildman–Crippen LogP) is 3.04. The maximum Gasteiger partial charge on any atom is 0.229 e. The molecule has 0 amide bonds. The lowest BCUT2D eigenvalue weighted by Crippen LogP contribution is -2.31. The standard InChI is InChI=1S/C17H15ClN8/c18-12-7-19-17(23-11-2-1-10-6-22-25-14(10)5-11)24-16(12)26-4-3-13-15(8-26)21-9-20-13/h1-2,5-7,9H,3-4,8H2,(H,20,21)(H,22,25)(H,19,23,24). The molecule has 0 fully saturated rings. The third-order valence-electron chi connectivity index (χ3n) is 4.50. The molecule has 0 spiro atoms. The number of fused-ring (bicyclic) bond motifs is 2. The molecule has 0 atom stereocenters. The summed E-state index contributed by atoms with van der Waals surface area (Å²) in [7, 11) is 0. The summed E-state index contributed by atoms with van der Waals surface area (Å²) >= 11 is 6.36. The molecule has 0 radical (unpaired) electrons. The van der Waals surface area contributed by atoms with Gasteiger partial charge < -0.3 is 15.2 Å². The molecule has 9 heteroatoms. The van der Waals surface area contributed by atoms with Crippen molar-refractivity contribution in [2.45, 2.75) is 13.0 Å². The van der Waals surface area contributed by atoms with Gasteiger partial charge in [0.1, 0.15) is 5.02 Å². The van der Waals surface area contributed by atoms with Gasteiger partial charge in [0.15, 0.2) is 5.82 Å². The fraction of sp³-hybridized carbons (Fsp3) is 0.176. The molecule has 5 rings (SSSR count). The summed E-state index contributed by atoms with van der Waals surface area (Å²) in [6.07, 6.45) is 6.01. The quantitative estimate of drug-likeness (QED) is 0.515. The molecule has 0 bridgehead atoms. The van der Waals surface area contributed by atoms with Gasteiger partial charge in [0, 0.05) is 24.0 Å². The third-order valence-corrected chi connectivity index (χ3v) is 4.76. The van der Waals surface area contributed by atoms with E-state index in [2.05, 4.69) is 40.3 Å². The number of aromatic nitrogens is 6. The smallest absolute Gasteiger partial charge is 0.229 e. The largest absolute Gasteiger partial charge is 0.349 e. The first kappa shape index (κ1) is 15.2. The van der Waals surface area contributed by atoms with E-state index in [9.17, 15) is 0 Å². The fourth-order valence-electron chi connectivity index (χ4n) is 3.18. The SMILES string of the molecule is Clc1cnc(Nc2ccc3cn[nH]c3c2)nc1N1CCc2nc[nH]c2C1. The molecule has 1 aliphatic rings. The van der Waals surface area contributed by atoms with Crippen molar-refractivity contribution in [3.63, 3.8) is 0 Å². The maximum atomic E-state index is 6.36. The Balaban J connectivity index is 1.43. The summed E-state index contributed by atoms with van der Waals surface area (Å²) in [6.45, 7) is 1.51. The van der Waals surface area contributed by atoms with Crippen LogP contribution in [0.1, 0.15) is 11.4 Å². The van der Waals surface area contributed by atoms with E-state index in [0.29, 0.717) is 23.3 Å². The minimum Gasteiger partial charge on any atom is -0.349 e. The molecule has 0 saturated heterocycles. The van der Waals surface area contributed by atoms with Gasteiger partial charge in [0.25, 0.3) is 0 Å². The second kappa shape index (κ2) is 5.99. The second-order valence-electron chi connectivity index (χ2n) is 6.16. The molecule has 0 aliphatic carbocycles. The van der Waals surface area contributed by atoms with Gasteiger partial charge >= 0.3 is 0 Å². The molecule has 1 aromatic carbocycles. The molecule has 8 nitrogen and oxygen atoms in total. The molecule has 3 N–H and O–H groups in total. The number of nitrogens with zero attached hydrogens (tertiary/aromatic N) is 5. The van der Waals surface area contributed by atoms with Gasteiger partial charge in [-0.3, -0.25) is 5.10 Å². The number of nitrogens with one attached hydrogen (secondary N) is 3. The summed E-state index contributed by atoms with van der Waals surface area (Å²) < 4.78 is 0. The molecular weight excluding hydrogens is 352 g/mol. The van der Waals surface area contributed by atoms with Crippen LogP contribution in [-0.4, -0.2) is 36.7 Å². The van der Waals surface area contributed by atoms with Crippen LogP contribution in [0, 0.1) is 0 Å². The number of anilines is 3. The highest BCUT2D eigenvalue weighted by molar-refractivity contribution is 6.32. The van der Waals surface area contributed by atoms with Gasteiger partial charge in [-0.15, -0.1) is 0 Å². The average Bonchev–Trinajstić information content (AvgIpc) is 3.31. The van der Waals surface area contributed by atoms with Crippen LogP contribution in [0.5, 0.6) is 0 Å². The van der Waals surface area contributed by atoms with Crippen molar-refractivity contribution in [3.8, 4) is 0 Å². The monoisotopic (exact) mass is 366 g/mol. The van der Waals surface area contributed by atoms with Crippen LogP contribution >= 0.6 is 11.6 Å². The van der Waals surface area contributed by atoms with Crippen LogP contribution < -0.4 is 10.2 Å².